The zero-order chi connectivity index (χ0) is 14.4. The van der Waals surface area contributed by atoms with Crippen LogP contribution in [0, 0.1) is 5.82 Å². The van der Waals surface area contributed by atoms with E-state index in [0.717, 1.165) is 22.2 Å². The van der Waals surface area contributed by atoms with E-state index >= 15 is 0 Å². The van der Waals surface area contributed by atoms with E-state index in [9.17, 15) is 4.39 Å². The summed E-state index contributed by atoms with van der Waals surface area (Å²) in [6.45, 7) is 2.99. The molecule has 0 fully saturated rings. The van der Waals surface area contributed by atoms with Crippen molar-refractivity contribution in [3.05, 3.63) is 64.9 Å². The van der Waals surface area contributed by atoms with Gasteiger partial charge in [-0.25, -0.2) is 4.39 Å². The van der Waals surface area contributed by atoms with Gasteiger partial charge < -0.3 is 5.32 Å². The van der Waals surface area contributed by atoms with Gasteiger partial charge >= 0.3 is 0 Å². The Morgan fingerprint density at radius 1 is 1.10 bits per heavy atom. The van der Waals surface area contributed by atoms with Gasteiger partial charge in [-0.05, 0) is 48.5 Å². The van der Waals surface area contributed by atoms with Gasteiger partial charge in [-0.2, -0.15) is 0 Å². The third kappa shape index (κ3) is 4.51. The highest BCUT2D eigenvalue weighted by atomic mass is 35.5. The smallest absolute Gasteiger partial charge is 0.123 e. The zero-order valence-electron chi connectivity index (χ0n) is 11.3. The molecular weight excluding hydrogens is 293 g/mol. The first-order chi connectivity index (χ1) is 9.69. The lowest BCUT2D eigenvalue weighted by Crippen LogP contribution is -2.22. The summed E-state index contributed by atoms with van der Waals surface area (Å²) in [4.78, 5) is 1.07. The molecule has 0 saturated carbocycles. The number of benzene rings is 2. The summed E-state index contributed by atoms with van der Waals surface area (Å²) in [5, 5.41) is 4.21. The molecule has 1 nitrogen and oxygen atoms in total. The lowest BCUT2D eigenvalue weighted by atomic mass is 10.1. The third-order valence-electron chi connectivity index (χ3n) is 2.95. The lowest BCUT2D eigenvalue weighted by molar-refractivity contribution is 0.606. The van der Waals surface area contributed by atoms with Crippen LogP contribution in [-0.2, 0) is 0 Å². The summed E-state index contributed by atoms with van der Waals surface area (Å²) in [6, 6.07) is 14.8. The number of nitrogens with one attached hydrogen (secondary N) is 1. The number of hydrogen-bond donors (Lipinski definition) is 1. The molecule has 0 radical (unpaired) electrons. The summed E-state index contributed by atoms with van der Waals surface area (Å²) in [7, 11) is 0. The highest BCUT2D eigenvalue weighted by Gasteiger charge is 2.10. The minimum atomic E-state index is -0.199. The molecule has 4 heteroatoms. The van der Waals surface area contributed by atoms with Crippen molar-refractivity contribution in [3.63, 3.8) is 0 Å². The minimum Gasteiger partial charge on any atom is -0.309 e. The highest BCUT2D eigenvalue weighted by Crippen LogP contribution is 2.25. The van der Waals surface area contributed by atoms with Crippen LogP contribution in [-0.4, -0.2) is 12.3 Å². The molecule has 2 aromatic carbocycles. The molecule has 1 unspecified atom stereocenters. The van der Waals surface area contributed by atoms with Gasteiger partial charge in [0.15, 0.2) is 0 Å². The summed E-state index contributed by atoms with van der Waals surface area (Å²) < 4.78 is 12.9. The standard InChI is InChI=1S/C16H17ClFNS/c1-2-19-16(12-3-5-13(17)6-4-12)11-20-15-9-7-14(18)8-10-15/h3-10,16,19H,2,11H2,1H3. The Balaban J connectivity index is 2.02. The van der Waals surface area contributed by atoms with Crippen molar-refractivity contribution < 1.29 is 4.39 Å². The fourth-order valence-corrected chi connectivity index (χ4v) is 3.05. The summed E-state index contributed by atoms with van der Waals surface area (Å²) in [6.07, 6.45) is 0. The number of hydrogen-bond acceptors (Lipinski definition) is 2. The number of thioether (sulfide) groups is 1. The average molecular weight is 310 g/mol. The molecule has 0 spiro atoms. The van der Waals surface area contributed by atoms with Crippen molar-refractivity contribution in [3.8, 4) is 0 Å². The third-order valence-corrected chi connectivity index (χ3v) is 4.31. The van der Waals surface area contributed by atoms with Crippen LogP contribution < -0.4 is 5.32 Å². The molecule has 20 heavy (non-hydrogen) atoms. The molecule has 106 valence electrons. The largest absolute Gasteiger partial charge is 0.309 e. The molecule has 0 aliphatic rings. The van der Waals surface area contributed by atoms with Crippen molar-refractivity contribution in [2.75, 3.05) is 12.3 Å². The summed E-state index contributed by atoms with van der Waals surface area (Å²) in [5.41, 5.74) is 1.21. The number of halogens is 2. The van der Waals surface area contributed by atoms with E-state index in [4.69, 9.17) is 11.6 Å². The fraction of sp³-hybridized carbons (Fsp3) is 0.250. The van der Waals surface area contributed by atoms with Crippen LogP contribution in [0.15, 0.2) is 53.4 Å². The molecule has 0 aliphatic carbocycles. The maximum atomic E-state index is 12.9. The predicted molar refractivity (Wildman–Crippen MR) is 85.0 cm³/mol. The van der Waals surface area contributed by atoms with Gasteiger partial charge in [-0.3, -0.25) is 0 Å². The fourth-order valence-electron chi connectivity index (χ4n) is 1.92. The molecule has 2 rings (SSSR count). The zero-order valence-corrected chi connectivity index (χ0v) is 12.8. The molecular formula is C16H17ClFNS. The molecule has 0 aromatic heterocycles. The summed E-state index contributed by atoms with van der Waals surface area (Å²) >= 11 is 7.63. The van der Waals surface area contributed by atoms with Crippen molar-refractivity contribution in [1.82, 2.24) is 5.32 Å². The van der Waals surface area contributed by atoms with E-state index in [1.165, 1.54) is 17.7 Å². The Hall–Kier alpha value is -1.03. The van der Waals surface area contributed by atoms with E-state index in [-0.39, 0.29) is 11.9 Å². The van der Waals surface area contributed by atoms with Crippen LogP contribution in [0.5, 0.6) is 0 Å². The first kappa shape index (κ1) is 15.4. The van der Waals surface area contributed by atoms with Crippen molar-refractivity contribution in [2.45, 2.75) is 17.9 Å². The van der Waals surface area contributed by atoms with Gasteiger partial charge in [-0.15, -0.1) is 11.8 Å². The van der Waals surface area contributed by atoms with E-state index in [1.54, 1.807) is 11.8 Å². The molecule has 1 atom stereocenters. The van der Waals surface area contributed by atoms with Gasteiger partial charge in [0.25, 0.3) is 0 Å². The van der Waals surface area contributed by atoms with Gasteiger partial charge in [0, 0.05) is 21.7 Å². The SMILES string of the molecule is CCNC(CSc1ccc(F)cc1)c1ccc(Cl)cc1. The maximum Gasteiger partial charge on any atom is 0.123 e. The second-order valence-electron chi connectivity index (χ2n) is 4.43. The molecule has 2 aromatic rings. The Kier molecular flexibility index (Phi) is 5.89. The number of rotatable bonds is 6. The predicted octanol–water partition coefficient (Wildman–Crippen LogP) is 4.92. The van der Waals surface area contributed by atoms with Crippen LogP contribution >= 0.6 is 23.4 Å². The van der Waals surface area contributed by atoms with E-state index in [1.807, 2.05) is 36.4 Å². The Morgan fingerprint density at radius 2 is 1.75 bits per heavy atom. The van der Waals surface area contributed by atoms with Gasteiger partial charge in [0.05, 0.1) is 0 Å². The van der Waals surface area contributed by atoms with Crippen molar-refractivity contribution in [1.29, 1.82) is 0 Å². The second-order valence-corrected chi connectivity index (χ2v) is 5.96. The normalized spacial score (nSPS) is 12.3. The Labute approximate surface area is 128 Å². The average Bonchev–Trinajstić information content (AvgIpc) is 2.46. The van der Waals surface area contributed by atoms with Crippen LogP contribution in [0.2, 0.25) is 5.02 Å². The van der Waals surface area contributed by atoms with E-state index < -0.39 is 0 Å². The first-order valence-electron chi connectivity index (χ1n) is 6.56. The quantitative estimate of drug-likeness (QED) is 0.760. The topological polar surface area (TPSA) is 12.0 Å². The van der Waals surface area contributed by atoms with Gasteiger partial charge in [0.1, 0.15) is 5.82 Å². The van der Waals surface area contributed by atoms with E-state index in [2.05, 4.69) is 12.2 Å². The molecule has 0 bridgehead atoms. The first-order valence-corrected chi connectivity index (χ1v) is 7.92. The van der Waals surface area contributed by atoms with Crippen molar-refractivity contribution in [2.24, 2.45) is 0 Å². The second kappa shape index (κ2) is 7.67. The van der Waals surface area contributed by atoms with Crippen LogP contribution in [0.1, 0.15) is 18.5 Å². The monoisotopic (exact) mass is 309 g/mol. The minimum absolute atomic E-state index is 0.199. The molecule has 0 heterocycles. The van der Waals surface area contributed by atoms with Crippen molar-refractivity contribution >= 4 is 23.4 Å². The molecule has 0 saturated heterocycles. The van der Waals surface area contributed by atoms with Crippen LogP contribution in [0.3, 0.4) is 0 Å². The molecule has 0 aliphatic heterocycles. The Bertz CT molecular complexity index is 527. The van der Waals surface area contributed by atoms with Gasteiger partial charge in [0.2, 0.25) is 0 Å². The maximum absolute atomic E-state index is 12.9. The highest BCUT2D eigenvalue weighted by molar-refractivity contribution is 7.99. The molecule has 0 amide bonds. The van der Waals surface area contributed by atoms with E-state index in [0.29, 0.717) is 0 Å². The van der Waals surface area contributed by atoms with Crippen LogP contribution in [0.25, 0.3) is 0 Å². The Morgan fingerprint density at radius 3 is 2.35 bits per heavy atom. The van der Waals surface area contributed by atoms with Gasteiger partial charge in [-0.1, -0.05) is 30.7 Å². The summed E-state index contributed by atoms with van der Waals surface area (Å²) in [5.74, 6) is 0.691. The van der Waals surface area contributed by atoms with Crippen LogP contribution in [0.4, 0.5) is 4.39 Å². The lowest BCUT2D eigenvalue weighted by Gasteiger charge is -2.18. The molecule has 1 N–H and O–H groups in total.